The first-order valence-electron chi connectivity index (χ1n) is 6.05. The van der Waals surface area contributed by atoms with Crippen molar-refractivity contribution in [2.45, 2.75) is 25.9 Å². The quantitative estimate of drug-likeness (QED) is 0.875. The minimum absolute atomic E-state index is 0.218. The van der Waals surface area contributed by atoms with E-state index in [9.17, 15) is 4.39 Å². The Bertz CT molecular complexity index is 384. The van der Waals surface area contributed by atoms with Crippen LogP contribution in [0, 0.1) is 5.82 Å². The van der Waals surface area contributed by atoms with Crippen molar-refractivity contribution in [3.63, 3.8) is 0 Å². The summed E-state index contributed by atoms with van der Waals surface area (Å²) < 4.78 is 13.2. The van der Waals surface area contributed by atoms with E-state index in [4.69, 9.17) is 11.6 Å². The highest BCUT2D eigenvalue weighted by atomic mass is 35.5. The molecule has 2 rings (SSSR count). The second-order valence-corrected chi connectivity index (χ2v) is 5.00. The number of nitrogens with zero attached hydrogens (tertiary/aromatic N) is 1. The fraction of sp³-hybridized carbons (Fsp3) is 0.538. The van der Waals surface area contributed by atoms with Crippen LogP contribution in [0.15, 0.2) is 18.2 Å². The third-order valence-corrected chi connectivity index (χ3v) is 3.69. The van der Waals surface area contributed by atoms with Gasteiger partial charge in [0, 0.05) is 30.7 Å². The first kappa shape index (κ1) is 12.8. The van der Waals surface area contributed by atoms with Crippen LogP contribution in [-0.4, -0.2) is 30.6 Å². The summed E-state index contributed by atoms with van der Waals surface area (Å²) in [5, 5.41) is 4.02. The number of hydrogen-bond acceptors (Lipinski definition) is 2. The number of nitrogens with one attached hydrogen (secondary N) is 1. The van der Waals surface area contributed by atoms with Gasteiger partial charge in [-0.1, -0.05) is 11.6 Å². The minimum Gasteiger partial charge on any atom is -0.315 e. The van der Waals surface area contributed by atoms with Crippen molar-refractivity contribution in [1.29, 1.82) is 0 Å². The zero-order valence-corrected chi connectivity index (χ0v) is 10.8. The predicted molar refractivity (Wildman–Crippen MR) is 68.8 cm³/mol. The average molecular weight is 257 g/mol. The van der Waals surface area contributed by atoms with Gasteiger partial charge in [-0.25, -0.2) is 4.39 Å². The molecule has 1 aliphatic heterocycles. The zero-order valence-electron chi connectivity index (χ0n) is 10.0. The molecule has 1 aromatic rings. The van der Waals surface area contributed by atoms with Crippen LogP contribution in [0.2, 0.25) is 5.02 Å². The van der Waals surface area contributed by atoms with E-state index >= 15 is 0 Å². The van der Waals surface area contributed by atoms with Gasteiger partial charge in [-0.3, -0.25) is 4.90 Å². The van der Waals surface area contributed by atoms with Crippen molar-refractivity contribution in [2.75, 3.05) is 19.6 Å². The van der Waals surface area contributed by atoms with E-state index in [-0.39, 0.29) is 5.82 Å². The summed E-state index contributed by atoms with van der Waals surface area (Å²) in [4.78, 5) is 2.35. The van der Waals surface area contributed by atoms with Gasteiger partial charge in [0.15, 0.2) is 0 Å². The molecule has 1 unspecified atom stereocenters. The second kappa shape index (κ2) is 5.80. The Morgan fingerprint density at radius 2 is 2.29 bits per heavy atom. The Balaban J connectivity index is 2.10. The lowest BCUT2D eigenvalue weighted by Gasteiger charge is -2.26. The number of hydrogen-bond donors (Lipinski definition) is 1. The molecule has 1 heterocycles. The second-order valence-electron chi connectivity index (χ2n) is 4.59. The van der Waals surface area contributed by atoms with E-state index in [0.29, 0.717) is 11.1 Å². The molecule has 94 valence electrons. The molecule has 0 radical (unpaired) electrons. The van der Waals surface area contributed by atoms with Crippen molar-refractivity contribution in [2.24, 2.45) is 0 Å². The van der Waals surface area contributed by atoms with Gasteiger partial charge in [0.1, 0.15) is 5.82 Å². The van der Waals surface area contributed by atoms with Gasteiger partial charge in [-0.15, -0.1) is 0 Å². The summed E-state index contributed by atoms with van der Waals surface area (Å²) in [5.41, 5.74) is 0.875. The predicted octanol–water partition coefficient (Wildman–Crippen LogP) is 2.66. The topological polar surface area (TPSA) is 15.3 Å². The maximum Gasteiger partial charge on any atom is 0.123 e. The highest BCUT2D eigenvalue weighted by molar-refractivity contribution is 6.31. The average Bonchev–Trinajstić information content (AvgIpc) is 2.50. The monoisotopic (exact) mass is 256 g/mol. The van der Waals surface area contributed by atoms with Gasteiger partial charge >= 0.3 is 0 Å². The largest absolute Gasteiger partial charge is 0.315 e. The number of halogens is 2. The van der Waals surface area contributed by atoms with Crippen molar-refractivity contribution in [3.8, 4) is 0 Å². The minimum atomic E-state index is -0.218. The fourth-order valence-electron chi connectivity index (χ4n) is 2.18. The SMILES string of the molecule is CC1CCNCCN1Cc1cc(F)ccc1Cl. The Labute approximate surface area is 107 Å². The maximum absolute atomic E-state index is 13.2. The van der Waals surface area contributed by atoms with Gasteiger partial charge in [-0.2, -0.15) is 0 Å². The normalized spacial score (nSPS) is 22.4. The molecule has 1 aromatic carbocycles. The number of rotatable bonds is 2. The van der Waals surface area contributed by atoms with Crippen LogP contribution in [0.5, 0.6) is 0 Å². The fourth-order valence-corrected chi connectivity index (χ4v) is 2.36. The van der Waals surface area contributed by atoms with Gasteiger partial charge < -0.3 is 5.32 Å². The van der Waals surface area contributed by atoms with Crippen molar-refractivity contribution in [1.82, 2.24) is 10.2 Å². The Morgan fingerprint density at radius 3 is 3.12 bits per heavy atom. The summed E-state index contributed by atoms with van der Waals surface area (Å²) in [6.07, 6.45) is 1.12. The molecule has 2 nitrogen and oxygen atoms in total. The van der Waals surface area contributed by atoms with Crippen LogP contribution in [0.25, 0.3) is 0 Å². The van der Waals surface area contributed by atoms with Crippen LogP contribution in [0.3, 0.4) is 0 Å². The lowest BCUT2D eigenvalue weighted by atomic mass is 10.1. The molecule has 4 heteroatoms. The molecule has 1 atom stereocenters. The molecule has 0 spiro atoms. The van der Waals surface area contributed by atoms with E-state index in [1.54, 1.807) is 6.07 Å². The van der Waals surface area contributed by atoms with Crippen molar-refractivity contribution >= 4 is 11.6 Å². The van der Waals surface area contributed by atoms with Crippen molar-refractivity contribution in [3.05, 3.63) is 34.6 Å². The van der Waals surface area contributed by atoms with E-state index in [1.807, 2.05) is 0 Å². The molecule has 17 heavy (non-hydrogen) atoms. The van der Waals surface area contributed by atoms with Gasteiger partial charge in [0.05, 0.1) is 0 Å². The highest BCUT2D eigenvalue weighted by Crippen LogP contribution is 2.20. The Morgan fingerprint density at radius 1 is 1.47 bits per heavy atom. The zero-order chi connectivity index (χ0) is 12.3. The van der Waals surface area contributed by atoms with Crippen LogP contribution in [-0.2, 0) is 6.54 Å². The third kappa shape index (κ3) is 3.41. The van der Waals surface area contributed by atoms with Gasteiger partial charge in [0.2, 0.25) is 0 Å². The molecule has 0 bridgehead atoms. The smallest absolute Gasteiger partial charge is 0.123 e. The van der Waals surface area contributed by atoms with Crippen LogP contribution < -0.4 is 5.32 Å². The summed E-state index contributed by atoms with van der Waals surface area (Å²) in [6, 6.07) is 5.07. The molecule has 1 aliphatic rings. The standard InChI is InChI=1S/C13H18ClFN2/c1-10-4-5-16-6-7-17(10)9-11-8-12(15)2-3-13(11)14/h2-3,8,10,16H,4-7,9H2,1H3. The lowest BCUT2D eigenvalue weighted by Crippen LogP contribution is -2.33. The Hall–Kier alpha value is -0.640. The highest BCUT2D eigenvalue weighted by Gasteiger charge is 2.17. The lowest BCUT2D eigenvalue weighted by molar-refractivity contribution is 0.211. The molecule has 0 aliphatic carbocycles. The van der Waals surface area contributed by atoms with Crippen molar-refractivity contribution < 1.29 is 4.39 Å². The molecule has 1 N–H and O–H groups in total. The molecule has 0 saturated carbocycles. The molecular weight excluding hydrogens is 239 g/mol. The van der Waals surface area contributed by atoms with Gasteiger partial charge in [0.25, 0.3) is 0 Å². The molecule has 1 fully saturated rings. The summed E-state index contributed by atoms with van der Waals surface area (Å²) in [7, 11) is 0. The molecule has 0 aromatic heterocycles. The Kier molecular flexibility index (Phi) is 4.37. The van der Waals surface area contributed by atoms with Gasteiger partial charge in [-0.05, 0) is 43.7 Å². The van der Waals surface area contributed by atoms with Crippen LogP contribution in [0.1, 0.15) is 18.9 Å². The van der Waals surface area contributed by atoms with E-state index in [2.05, 4.69) is 17.1 Å². The van der Waals surface area contributed by atoms with Crippen LogP contribution in [0.4, 0.5) is 4.39 Å². The maximum atomic E-state index is 13.2. The van der Waals surface area contributed by atoms with Crippen LogP contribution >= 0.6 is 11.6 Å². The first-order chi connectivity index (χ1) is 8.16. The molecule has 1 saturated heterocycles. The van der Waals surface area contributed by atoms with E-state index < -0.39 is 0 Å². The third-order valence-electron chi connectivity index (χ3n) is 3.32. The molecule has 0 amide bonds. The summed E-state index contributed by atoms with van der Waals surface area (Å²) in [6.45, 7) is 5.94. The number of benzene rings is 1. The van der Waals surface area contributed by atoms with E-state index in [0.717, 1.165) is 38.2 Å². The van der Waals surface area contributed by atoms with E-state index in [1.165, 1.54) is 12.1 Å². The summed E-state index contributed by atoms with van der Waals surface area (Å²) in [5.74, 6) is -0.218. The first-order valence-corrected chi connectivity index (χ1v) is 6.43. The molecular formula is C13H18ClFN2. The summed E-state index contributed by atoms with van der Waals surface area (Å²) >= 11 is 6.09.